The number of nitrogens with zero attached hydrogens (tertiary/aromatic N) is 1. The highest BCUT2D eigenvalue weighted by Gasteiger charge is 2.17. The molecule has 0 aliphatic heterocycles. The molecule has 0 saturated carbocycles. The van der Waals surface area contributed by atoms with Gasteiger partial charge in [0.15, 0.2) is 0 Å². The second-order valence-corrected chi connectivity index (χ2v) is 5.03. The third-order valence-electron chi connectivity index (χ3n) is 2.70. The van der Waals surface area contributed by atoms with E-state index in [0.29, 0.717) is 16.5 Å². The van der Waals surface area contributed by atoms with Crippen LogP contribution in [0.3, 0.4) is 0 Å². The third kappa shape index (κ3) is 5.61. The van der Waals surface area contributed by atoms with E-state index in [0.717, 1.165) is 10.5 Å². The Labute approximate surface area is 126 Å². The van der Waals surface area contributed by atoms with Gasteiger partial charge in [-0.1, -0.05) is 29.3 Å². The number of amides is 1. The average Bonchev–Trinajstić information content (AvgIpc) is 2.36. The first kappa shape index (κ1) is 17.1. The van der Waals surface area contributed by atoms with Crippen LogP contribution in [0.15, 0.2) is 18.2 Å². The molecule has 1 aromatic carbocycles. The van der Waals surface area contributed by atoms with Gasteiger partial charge in [0.2, 0.25) is 5.91 Å². The average molecular weight is 326 g/mol. The van der Waals surface area contributed by atoms with Crippen LogP contribution in [0.1, 0.15) is 12.0 Å². The molecule has 7 heteroatoms. The van der Waals surface area contributed by atoms with Crippen LogP contribution >= 0.6 is 23.2 Å². The number of hydrogen-bond donors (Lipinski definition) is 1. The summed E-state index contributed by atoms with van der Waals surface area (Å²) in [6.45, 7) is -1.12. The van der Waals surface area contributed by atoms with Gasteiger partial charge in [0.25, 0.3) is 6.43 Å². The van der Waals surface area contributed by atoms with Crippen LogP contribution in [0.2, 0.25) is 10.0 Å². The number of alkyl halides is 2. The minimum atomic E-state index is -2.62. The van der Waals surface area contributed by atoms with Crippen molar-refractivity contribution in [2.75, 3.05) is 19.7 Å². The fraction of sp³-hybridized carbons (Fsp3) is 0.462. The van der Waals surface area contributed by atoms with Crippen LogP contribution in [0.5, 0.6) is 0 Å². The molecule has 0 unspecified atom stereocenters. The Kier molecular flexibility index (Phi) is 7.19. The van der Waals surface area contributed by atoms with Crippen molar-refractivity contribution in [1.29, 1.82) is 0 Å². The fourth-order valence-electron chi connectivity index (χ4n) is 1.73. The molecule has 3 nitrogen and oxygen atoms in total. The van der Waals surface area contributed by atoms with E-state index in [4.69, 9.17) is 28.3 Å². The lowest BCUT2D eigenvalue weighted by Crippen LogP contribution is -2.37. The van der Waals surface area contributed by atoms with Crippen molar-refractivity contribution in [3.63, 3.8) is 0 Å². The predicted octanol–water partition coefficient (Wildman–Crippen LogP) is 3.01. The molecule has 0 aromatic heterocycles. The van der Waals surface area contributed by atoms with Crippen LogP contribution in [0, 0.1) is 0 Å². The zero-order valence-electron chi connectivity index (χ0n) is 10.7. The zero-order chi connectivity index (χ0) is 15.1. The number of aliphatic hydroxyl groups excluding tert-OH is 1. The van der Waals surface area contributed by atoms with Crippen LogP contribution in [-0.2, 0) is 11.2 Å². The number of carbonyl (C=O) groups is 1. The SMILES string of the molecule is O=C(CCc1ccc(Cl)cc1Cl)N(CCO)CC(F)F. The molecule has 0 fully saturated rings. The maximum absolute atomic E-state index is 12.3. The first-order valence-corrected chi connectivity index (χ1v) is 6.80. The number of aliphatic hydroxyl groups is 1. The van der Waals surface area contributed by atoms with Gasteiger partial charge in [0, 0.05) is 23.0 Å². The molecule has 112 valence electrons. The summed E-state index contributed by atoms with van der Waals surface area (Å²) in [4.78, 5) is 12.8. The summed E-state index contributed by atoms with van der Waals surface area (Å²) in [6, 6.07) is 4.91. The Bertz CT molecular complexity index is 458. The van der Waals surface area contributed by atoms with E-state index >= 15 is 0 Å². The lowest BCUT2D eigenvalue weighted by molar-refractivity contribution is -0.133. The summed E-state index contributed by atoms with van der Waals surface area (Å²) in [5.41, 5.74) is 0.727. The molecule has 1 rings (SSSR count). The minimum absolute atomic E-state index is 0.0497. The van der Waals surface area contributed by atoms with E-state index in [1.165, 1.54) is 0 Å². The van der Waals surface area contributed by atoms with Crippen molar-refractivity contribution in [2.24, 2.45) is 0 Å². The fourth-order valence-corrected chi connectivity index (χ4v) is 2.23. The number of rotatable bonds is 7. The van der Waals surface area contributed by atoms with Crippen molar-refractivity contribution in [3.05, 3.63) is 33.8 Å². The predicted molar refractivity (Wildman–Crippen MR) is 74.5 cm³/mol. The molecule has 1 aromatic rings. The molecule has 20 heavy (non-hydrogen) atoms. The highest BCUT2D eigenvalue weighted by Crippen LogP contribution is 2.22. The Balaban J connectivity index is 2.59. The molecular weight excluding hydrogens is 311 g/mol. The Morgan fingerprint density at radius 3 is 2.60 bits per heavy atom. The second kappa shape index (κ2) is 8.39. The molecule has 0 aliphatic rings. The number of benzene rings is 1. The third-order valence-corrected chi connectivity index (χ3v) is 3.29. The summed E-state index contributed by atoms with van der Waals surface area (Å²) in [5.74, 6) is -0.439. The molecule has 0 heterocycles. The van der Waals surface area contributed by atoms with Crippen LogP contribution in [0.4, 0.5) is 8.78 Å². The molecule has 0 atom stereocenters. The van der Waals surface area contributed by atoms with E-state index in [2.05, 4.69) is 0 Å². The molecule has 0 radical (unpaired) electrons. The van der Waals surface area contributed by atoms with Crippen molar-refractivity contribution in [2.45, 2.75) is 19.3 Å². The standard InChI is InChI=1S/C13H15Cl2F2NO2/c14-10-3-1-9(11(15)7-10)2-4-13(20)18(5-6-19)8-12(16)17/h1,3,7,12,19H,2,4-6,8H2. The van der Waals surface area contributed by atoms with Crippen molar-refractivity contribution >= 4 is 29.1 Å². The van der Waals surface area contributed by atoms with Gasteiger partial charge in [-0.2, -0.15) is 0 Å². The Morgan fingerprint density at radius 1 is 1.35 bits per heavy atom. The first-order chi connectivity index (χ1) is 9.43. The molecular formula is C13H15Cl2F2NO2. The Hall–Kier alpha value is -0.910. The quantitative estimate of drug-likeness (QED) is 0.837. The highest BCUT2D eigenvalue weighted by atomic mass is 35.5. The molecule has 0 saturated heterocycles. The van der Waals surface area contributed by atoms with Crippen LogP contribution in [-0.4, -0.2) is 42.0 Å². The number of halogens is 4. The topological polar surface area (TPSA) is 40.5 Å². The summed E-state index contributed by atoms with van der Waals surface area (Å²) in [7, 11) is 0. The maximum Gasteiger partial charge on any atom is 0.255 e. The lowest BCUT2D eigenvalue weighted by Gasteiger charge is -2.21. The van der Waals surface area contributed by atoms with Gasteiger partial charge in [-0.05, 0) is 24.1 Å². The first-order valence-electron chi connectivity index (χ1n) is 6.04. The molecule has 1 amide bonds. The van der Waals surface area contributed by atoms with Crippen molar-refractivity contribution in [3.8, 4) is 0 Å². The van der Waals surface area contributed by atoms with Crippen LogP contribution in [0.25, 0.3) is 0 Å². The number of hydrogen-bond acceptors (Lipinski definition) is 2. The molecule has 0 spiro atoms. The van der Waals surface area contributed by atoms with Gasteiger partial charge in [0.05, 0.1) is 13.2 Å². The van der Waals surface area contributed by atoms with Gasteiger partial charge in [-0.15, -0.1) is 0 Å². The second-order valence-electron chi connectivity index (χ2n) is 4.19. The molecule has 0 bridgehead atoms. The number of aryl methyl sites for hydroxylation is 1. The largest absolute Gasteiger partial charge is 0.395 e. The monoisotopic (exact) mass is 325 g/mol. The van der Waals surface area contributed by atoms with Crippen molar-refractivity contribution < 1.29 is 18.7 Å². The van der Waals surface area contributed by atoms with Gasteiger partial charge >= 0.3 is 0 Å². The summed E-state index contributed by atoms with van der Waals surface area (Å²) in [6.07, 6.45) is -2.24. The normalized spacial score (nSPS) is 10.9. The summed E-state index contributed by atoms with van der Waals surface area (Å²) in [5, 5.41) is 9.71. The van der Waals surface area contributed by atoms with Gasteiger partial charge in [-0.3, -0.25) is 4.79 Å². The van der Waals surface area contributed by atoms with E-state index in [1.54, 1.807) is 18.2 Å². The zero-order valence-corrected chi connectivity index (χ0v) is 12.2. The van der Waals surface area contributed by atoms with Gasteiger partial charge < -0.3 is 10.0 Å². The number of carbonyl (C=O) groups excluding carboxylic acids is 1. The summed E-state index contributed by atoms with van der Waals surface area (Å²) >= 11 is 11.7. The minimum Gasteiger partial charge on any atom is -0.395 e. The summed E-state index contributed by atoms with van der Waals surface area (Å²) < 4.78 is 24.7. The van der Waals surface area contributed by atoms with Gasteiger partial charge in [0.1, 0.15) is 0 Å². The highest BCUT2D eigenvalue weighted by molar-refractivity contribution is 6.35. The van der Waals surface area contributed by atoms with Crippen molar-refractivity contribution in [1.82, 2.24) is 4.90 Å². The van der Waals surface area contributed by atoms with E-state index in [9.17, 15) is 13.6 Å². The Morgan fingerprint density at radius 2 is 2.05 bits per heavy atom. The van der Waals surface area contributed by atoms with E-state index in [-0.39, 0.29) is 19.6 Å². The smallest absolute Gasteiger partial charge is 0.255 e. The van der Waals surface area contributed by atoms with E-state index in [1.807, 2.05) is 0 Å². The molecule has 1 N–H and O–H groups in total. The lowest BCUT2D eigenvalue weighted by atomic mass is 10.1. The van der Waals surface area contributed by atoms with Crippen LogP contribution < -0.4 is 0 Å². The maximum atomic E-state index is 12.3. The van der Waals surface area contributed by atoms with Gasteiger partial charge in [-0.25, -0.2) is 8.78 Å². The molecule has 0 aliphatic carbocycles. The van der Waals surface area contributed by atoms with E-state index < -0.39 is 18.9 Å².